The Bertz CT molecular complexity index is 377. The Balaban J connectivity index is 2.58. The van der Waals surface area contributed by atoms with Crippen molar-refractivity contribution in [1.29, 1.82) is 0 Å². The van der Waals surface area contributed by atoms with Gasteiger partial charge in [-0.3, -0.25) is 0 Å². The van der Waals surface area contributed by atoms with Crippen molar-refractivity contribution in [2.24, 2.45) is 0 Å². The molecule has 1 aromatic rings. The maximum absolute atomic E-state index is 5.35. The summed E-state index contributed by atoms with van der Waals surface area (Å²) in [5.41, 5.74) is 0.996. The molecule has 0 aliphatic carbocycles. The molecule has 0 bridgehead atoms. The molecule has 4 nitrogen and oxygen atoms in total. The minimum Gasteiger partial charge on any atom is -0.493 e. The number of methoxy groups -OCH3 is 3. The Morgan fingerprint density at radius 3 is 2.28 bits per heavy atom. The summed E-state index contributed by atoms with van der Waals surface area (Å²) in [5, 5.41) is 3.36. The highest BCUT2D eigenvalue weighted by molar-refractivity contribution is 5.42. The van der Waals surface area contributed by atoms with Gasteiger partial charge in [-0.05, 0) is 31.5 Å². The highest BCUT2D eigenvalue weighted by Gasteiger charge is 2.15. The molecule has 0 aliphatic heterocycles. The fourth-order valence-corrected chi connectivity index (χ4v) is 1.57. The lowest BCUT2D eigenvalue weighted by molar-refractivity contribution is 0.0230. The van der Waals surface area contributed by atoms with Crippen molar-refractivity contribution in [3.63, 3.8) is 0 Å². The monoisotopic (exact) mass is 253 g/mol. The standard InChI is InChI=1S/C14H23NO3/c1-14(2,18-5)10-15-9-11-6-7-12(16-3)13(8-11)17-4/h6-8,15H,9-10H2,1-5H3. The molecule has 0 aromatic heterocycles. The molecule has 0 atom stereocenters. The average molecular weight is 253 g/mol. The second-order valence-electron chi connectivity index (χ2n) is 4.76. The fourth-order valence-electron chi connectivity index (χ4n) is 1.57. The lowest BCUT2D eigenvalue weighted by Crippen LogP contribution is -2.36. The van der Waals surface area contributed by atoms with Gasteiger partial charge in [0.1, 0.15) is 0 Å². The van der Waals surface area contributed by atoms with Crippen molar-refractivity contribution >= 4 is 0 Å². The molecule has 0 unspecified atom stereocenters. The van der Waals surface area contributed by atoms with Crippen LogP contribution >= 0.6 is 0 Å². The average Bonchev–Trinajstić information content (AvgIpc) is 2.38. The summed E-state index contributed by atoms with van der Waals surface area (Å²) < 4.78 is 15.8. The molecule has 18 heavy (non-hydrogen) atoms. The number of hydrogen-bond donors (Lipinski definition) is 1. The number of ether oxygens (including phenoxy) is 3. The number of rotatable bonds is 7. The minimum absolute atomic E-state index is 0.156. The van der Waals surface area contributed by atoms with Gasteiger partial charge in [0.05, 0.1) is 19.8 Å². The van der Waals surface area contributed by atoms with Crippen LogP contribution in [0.2, 0.25) is 0 Å². The van der Waals surface area contributed by atoms with E-state index in [-0.39, 0.29) is 5.60 Å². The molecule has 0 heterocycles. The molecule has 0 aliphatic rings. The molecule has 0 spiro atoms. The SMILES string of the molecule is COc1ccc(CNCC(C)(C)OC)cc1OC. The topological polar surface area (TPSA) is 39.7 Å². The Kier molecular flexibility index (Phi) is 5.44. The summed E-state index contributed by atoms with van der Waals surface area (Å²) in [4.78, 5) is 0. The largest absolute Gasteiger partial charge is 0.493 e. The molecule has 0 amide bonds. The molecule has 1 aromatic carbocycles. The lowest BCUT2D eigenvalue weighted by atomic mass is 10.1. The minimum atomic E-state index is -0.156. The lowest BCUT2D eigenvalue weighted by Gasteiger charge is -2.23. The van der Waals surface area contributed by atoms with Gasteiger partial charge in [0.2, 0.25) is 0 Å². The zero-order valence-corrected chi connectivity index (χ0v) is 11.9. The molecule has 1 N–H and O–H groups in total. The van der Waals surface area contributed by atoms with Crippen LogP contribution in [0.1, 0.15) is 19.4 Å². The Labute approximate surface area is 109 Å². The van der Waals surface area contributed by atoms with Crippen LogP contribution in [0.25, 0.3) is 0 Å². The van der Waals surface area contributed by atoms with Crippen LogP contribution in [0.5, 0.6) is 11.5 Å². The Hall–Kier alpha value is -1.26. The van der Waals surface area contributed by atoms with E-state index in [9.17, 15) is 0 Å². The summed E-state index contributed by atoms with van der Waals surface area (Å²) in [5.74, 6) is 1.50. The van der Waals surface area contributed by atoms with E-state index in [0.29, 0.717) is 0 Å². The van der Waals surface area contributed by atoms with Gasteiger partial charge in [0.25, 0.3) is 0 Å². The number of hydrogen-bond acceptors (Lipinski definition) is 4. The third-order valence-electron chi connectivity index (χ3n) is 2.88. The van der Waals surface area contributed by atoms with Gasteiger partial charge in [-0.1, -0.05) is 6.07 Å². The normalized spacial score (nSPS) is 11.4. The van der Waals surface area contributed by atoms with Crippen molar-refractivity contribution in [2.75, 3.05) is 27.9 Å². The molecule has 0 saturated heterocycles. The van der Waals surface area contributed by atoms with Crippen LogP contribution in [-0.2, 0) is 11.3 Å². The predicted octanol–water partition coefficient (Wildman–Crippen LogP) is 2.22. The van der Waals surface area contributed by atoms with Crippen molar-refractivity contribution < 1.29 is 14.2 Å². The van der Waals surface area contributed by atoms with E-state index in [4.69, 9.17) is 14.2 Å². The highest BCUT2D eigenvalue weighted by Crippen LogP contribution is 2.27. The second kappa shape index (κ2) is 6.61. The van der Waals surface area contributed by atoms with E-state index < -0.39 is 0 Å². The van der Waals surface area contributed by atoms with Gasteiger partial charge in [-0.25, -0.2) is 0 Å². The summed E-state index contributed by atoms with van der Waals surface area (Å²) >= 11 is 0. The van der Waals surface area contributed by atoms with Crippen molar-refractivity contribution in [2.45, 2.75) is 26.0 Å². The third kappa shape index (κ3) is 4.20. The van der Waals surface area contributed by atoms with Crippen LogP contribution in [0.4, 0.5) is 0 Å². The second-order valence-corrected chi connectivity index (χ2v) is 4.76. The highest BCUT2D eigenvalue weighted by atomic mass is 16.5. The molecule has 1 rings (SSSR count). The number of nitrogens with one attached hydrogen (secondary N) is 1. The van der Waals surface area contributed by atoms with E-state index in [1.165, 1.54) is 0 Å². The van der Waals surface area contributed by atoms with Crippen molar-refractivity contribution in [3.8, 4) is 11.5 Å². The first-order valence-corrected chi connectivity index (χ1v) is 5.99. The molecular weight excluding hydrogens is 230 g/mol. The van der Waals surface area contributed by atoms with Crippen LogP contribution in [-0.4, -0.2) is 33.5 Å². The van der Waals surface area contributed by atoms with E-state index in [1.807, 2.05) is 18.2 Å². The summed E-state index contributed by atoms with van der Waals surface area (Å²) in [6.45, 7) is 5.66. The third-order valence-corrected chi connectivity index (χ3v) is 2.88. The van der Waals surface area contributed by atoms with E-state index in [0.717, 1.165) is 30.2 Å². The van der Waals surface area contributed by atoms with Crippen LogP contribution in [0.15, 0.2) is 18.2 Å². The summed E-state index contributed by atoms with van der Waals surface area (Å²) in [7, 11) is 5.00. The molecule has 0 radical (unpaired) electrons. The van der Waals surface area contributed by atoms with Gasteiger partial charge in [-0.15, -0.1) is 0 Å². The zero-order valence-electron chi connectivity index (χ0n) is 11.9. The van der Waals surface area contributed by atoms with Gasteiger partial charge < -0.3 is 19.5 Å². The maximum Gasteiger partial charge on any atom is 0.161 e. The Morgan fingerprint density at radius 1 is 1.06 bits per heavy atom. The molecule has 102 valence electrons. The van der Waals surface area contributed by atoms with Gasteiger partial charge >= 0.3 is 0 Å². The number of benzene rings is 1. The van der Waals surface area contributed by atoms with Crippen LogP contribution in [0, 0.1) is 0 Å². The molecule has 4 heteroatoms. The van der Waals surface area contributed by atoms with Crippen molar-refractivity contribution in [3.05, 3.63) is 23.8 Å². The van der Waals surface area contributed by atoms with E-state index in [1.54, 1.807) is 21.3 Å². The van der Waals surface area contributed by atoms with Gasteiger partial charge in [0, 0.05) is 20.2 Å². The van der Waals surface area contributed by atoms with Crippen LogP contribution < -0.4 is 14.8 Å². The predicted molar refractivity (Wildman–Crippen MR) is 72.3 cm³/mol. The fraction of sp³-hybridized carbons (Fsp3) is 0.571. The van der Waals surface area contributed by atoms with Gasteiger partial charge in [0.15, 0.2) is 11.5 Å². The summed E-state index contributed by atoms with van der Waals surface area (Å²) in [6, 6.07) is 5.91. The molecule has 0 saturated carbocycles. The summed E-state index contributed by atoms with van der Waals surface area (Å²) in [6.07, 6.45) is 0. The van der Waals surface area contributed by atoms with E-state index >= 15 is 0 Å². The molecule has 0 fully saturated rings. The van der Waals surface area contributed by atoms with Crippen molar-refractivity contribution in [1.82, 2.24) is 5.32 Å². The maximum atomic E-state index is 5.35. The first-order valence-electron chi connectivity index (χ1n) is 5.99. The smallest absolute Gasteiger partial charge is 0.161 e. The molecular formula is C14H23NO3. The first-order chi connectivity index (χ1) is 8.52. The van der Waals surface area contributed by atoms with E-state index in [2.05, 4.69) is 19.2 Å². The quantitative estimate of drug-likeness (QED) is 0.809. The first kappa shape index (κ1) is 14.8. The van der Waals surface area contributed by atoms with Gasteiger partial charge in [-0.2, -0.15) is 0 Å². The van der Waals surface area contributed by atoms with Crippen LogP contribution in [0.3, 0.4) is 0 Å². The Morgan fingerprint density at radius 2 is 1.72 bits per heavy atom. The zero-order chi connectivity index (χ0) is 13.6.